The first-order valence-corrected chi connectivity index (χ1v) is 8.18. The third-order valence-electron chi connectivity index (χ3n) is 4.03. The highest BCUT2D eigenvalue weighted by molar-refractivity contribution is 5.80. The summed E-state index contributed by atoms with van der Waals surface area (Å²) in [7, 11) is 0. The lowest BCUT2D eigenvalue weighted by atomic mass is 10.2. The molecular formula is C18H16FN5O. The number of unbranched alkanes of at least 4 members (excludes halogenated alkanes) is 1. The molecule has 4 aromatic rings. The number of hydrogen-bond donors (Lipinski definition) is 0. The zero-order valence-corrected chi connectivity index (χ0v) is 13.7. The summed E-state index contributed by atoms with van der Waals surface area (Å²) in [5.41, 5.74) is 2.77. The summed E-state index contributed by atoms with van der Waals surface area (Å²) in [5.74, 6) is 0.148. The fourth-order valence-corrected chi connectivity index (χ4v) is 2.67. The molecule has 0 aliphatic rings. The predicted molar refractivity (Wildman–Crippen MR) is 91.1 cm³/mol. The molecule has 0 aliphatic carbocycles. The van der Waals surface area contributed by atoms with E-state index in [0.717, 1.165) is 36.0 Å². The summed E-state index contributed by atoms with van der Waals surface area (Å²) >= 11 is 0. The van der Waals surface area contributed by atoms with Gasteiger partial charge in [-0.15, -0.1) is 5.10 Å². The molecule has 2 heterocycles. The van der Waals surface area contributed by atoms with Gasteiger partial charge in [0.05, 0.1) is 11.1 Å². The van der Waals surface area contributed by atoms with Gasteiger partial charge in [-0.05, 0) is 36.8 Å². The fourth-order valence-electron chi connectivity index (χ4n) is 2.67. The zero-order valence-electron chi connectivity index (χ0n) is 13.7. The van der Waals surface area contributed by atoms with Crippen molar-refractivity contribution < 1.29 is 8.91 Å². The molecule has 2 aromatic carbocycles. The van der Waals surface area contributed by atoms with E-state index in [4.69, 9.17) is 4.52 Å². The third kappa shape index (κ3) is 2.88. The Kier molecular flexibility index (Phi) is 3.97. The number of benzene rings is 2. The van der Waals surface area contributed by atoms with E-state index in [1.165, 1.54) is 6.07 Å². The Bertz CT molecular complexity index is 1020. The van der Waals surface area contributed by atoms with Crippen molar-refractivity contribution in [3.05, 3.63) is 48.3 Å². The summed E-state index contributed by atoms with van der Waals surface area (Å²) in [4.78, 5) is 4.30. The van der Waals surface area contributed by atoms with E-state index in [1.807, 2.05) is 22.9 Å². The largest absolute Gasteiger partial charge is 0.334 e. The number of rotatable bonds is 5. The van der Waals surface area contributed by atoms with Crippen molar-refractivity contribution in [1.29, 1.82) is 0 Å². The number of aryl methyl sites for hydroxylation is 1. The normalized spacial score (nSPS) is 11.3. The monoisotopic (exact) mass is 337 g/mol. The second-order valence-electron chi connectivity index (χ2n) is 5.77. The van der Waals surface area contributed by atoms with Crippen LogP contribution in [0.15, 0.2) is 47.0 Å². The number of halogens is 1. The predicted octanol–water partition coefficient (Wildman–Crippen LogP) is 4.09. The van der Waals surface area contributed by atoms with Crippen LogP contribution < -0.4 is 0 Å². The van der Waals surface area contributed by atoms with Crippen LogP contribution in [0.3, 0.4) is 0 Å². The molecule has 7 heteroatoms. The van der Waals surface area contributed by atoms with Crippen molar-refractivity contribution in [2.45, 2.75) is 26.3 Å². The summed E-state index contributed by atoms with van der Waals surface area (Å²) in [5, 5.41) is 12.3. The zero-order chi connectivity index (χ0) is 17.2. The van der Waals surface area contributed by atoms with Gasteiger partial charge in [-0.3, -0.25) is 0 Å². The summed E-state index contributed by atoms with van der Waals surface area (Å²) in [6, 6.07) is 12.0. The van der Waals surface area contributed by atoms with E-state index < -0.39 is 5.82 Å². The molecule has 0 amide bonds. The first kappa shape index (κ1) is 15.4. The van der Waals surface area contributed by atoms with Gasteiger partial charge in [0.2, 0.25) is 5.82 Å². The second-order valence-corrected chi connectivity index (χ2v) is 5.77. The highest BCUT2D eigenvalue weighted by Crippen LogP contribution is 2.26. The topological polar surface area (TPSA) is 69.6 Å². The van der Waals surface area contributed by atoms with Gasteiger partial charge in [-0.2, -0.15) is 4.98 Å². The smallest absolute Gasteiger partial charge is 0.261 e. The number of fused-ring (bicyclic) bond motifs is 1. The minimum absolute atomic E-state index is 0.153. The lowest BCUT2D eigenvalue weighted by Gasteiger charge is -2.00. The van der Waals surface area contributed by atoms with E-state index in [9.17, 15) is 4.39 Å². The van der Waals surface area contributed by atoms with Crippen LogP contribution in [-0.4, -0.2) is 25.1 Å². The van der Waals surface area contributed by atoms with Gasteiger partial charge in [0.1, 0.15) is 11.3 Å². The lowest BCUT2D eigenvalue weighted by molar-refractivity contribution is 0.429. The molecule has 2 aromatic heterocycles. The summed E-state index contributed by atoms with van der Waals surface area (Å²) in [6.45, 7) is 2.98. The van der Waals surface area contributed by atoms with Gasteiger partial charge in [0.25, 0.3) is 5.89 Å². The van der Waals surface area contributed by atoms with Crippen molar-refractivity contribution >= 4 is 11.0 Å². The molecular weight excluding hydrogens is 321 g/mol. The van der Waals surface area contributed by atoms with Crippen LogP contribution in [0.4, 0.5) is 4.39 Å². The maximum absolute atomic E-state index is 13.9. The van der Waals surface area contributed by atoms with Gasteiger partial charge in [-0.25, -0.2) is 9.07 Å². The molecule has 0 saturated heterocycles. The Morgan fingerprint density at radius 2 is 2.04 bits per heavy atom. The molecule has 126 valence electrons. The molecule has 6 nitrogen and oxygen atoms in total. The van der Waals surface area contributed by atoms with Crippen LogP contribution in [0.5, 0.6) is 0 Å². The SMILES string of the molecule is CCCCn1nnc2cc(-c3noc(-c4ccccc4F)n3)ccc21. The number of nitrogens with zero attached hydrogens (tertiary/aromatic N) is 5. The lowest BCUT2D eigenvalue weighted by Crippen LogP contribution is -1.99. The standard InChI is InChI=1S/C18H16FN5O/c1-2-3-10-24-16-9-8-12(11-15(16)21-23-24)17-20-18(25-22-17)13-6-4-5-7-14(13)19/h4-9,11H,2-3,10H2,1H3. The Balaban J connectivity index is 1.67. The summed E-state index contributed by atoms with van der Waals surface area (Å²) in [6.07, 6.45) is 2.15. The van der Waals surface area contributed by atoms with E-state index in [-0.39, 0.29) is 11.5 Å². The molecule has 0 saturated carbocycles. The van der Waals surface area contributed by atoms with Crippen LogP contribution in [0.1, 0.15) is 19.8 Å². The van der Waals surface area contributed by atoms with Gasteiger partial charge >= 0.3 is 0 Å². The van der Waals surface area contributed by atoms with Crippen LogP contribution >= 0.6 is 0 Å². The van der Waals surface area contributed by atoms with Crippen molar-refractivity contribution in [2.24, 2.45) is 0 Å². The molecule has 0 N–H and O–H groups in total. The molecule has 0 fully saturated rings. The number of hydrogen-bond acceptors (Lipinski definition) is 5. The summed E-state index contributed by atoms with van der Waals surface area (Å²) < 4.78 is 21.0. The highest BCUT2D eigenvalue weighted by Gasteiger charge is 2.15. The average molecular weight is 337 g/mol. The van der Waals surface area contributed by atoms with Gasteiger partial charge in [0, 0.05) is 12.1 Å². The molecule has 0 atom stereocenters. The number of aromatic nitrogens is 5. The Hall–Kier alpha value is -3.09. The van der Waals surface area contributed by atoms with Crippen LogP contribution in [0, 0.1) is 5.82 Å². The maximum Gasteiger partial charge on any atom is 0.261 e. The fraction of sp³-hybridized carbons (Fsp3) is 0.222. The quantitative estimate of drug-likeness (QED) is 0.548. The van der Waals surface area contributed by atoms with Crippen molar-refractivity contribution in [1.82, 2.24) is 25.1 Å². The second kappa shape index (κ2) is 6.43. The van der Waals surface area contributed by atoms with Gasteiger partial charge in [-0.1, -0.05) is 35.8 Å². The van der Waals surface area contributed by atoms with E-state index >= 15 is 0 Å². The van der Waals surface area contributed by atoms with Gasteiger partial charge in [0.15, 0.2) is 0 Å². The van der Waals surface area contributed by atoms with Crippen LogP contribution in [-0.2, 0) is 6.54 Å². The van der Waals surface area contributed by atoms with E-state index in [0.29, 0.717) is 5.82 Å². The molecule has 0 bridgehead atoms. The van der Waals surface area contributed by atoms with Crippen molar-refractivity contribution in [2.75, 3.05) is 0 Å². The maximum atomic E-state index is 13.9. The Labute approximate surface area is 143 Å². The van der Waals surface area contributed by atoms with E-state index in [2.05, 4.69) is 27.4 Å². The van der Waals surface area contributed by atoms with Crippen LogP contribution in [0.2, 0.25) is 0 Å². The molecule has 0 radical (unpaired) electrons. The first-order valence-electron chi connectivity index (χ1n) is 8.18. The Morgan fingerprint density at radius 1 is 1.16 bits per heavy atom. The molecule has 0 unspecified atom stereocenters. The van der Waals surface area contributed by atoms with Gasteiger partial charge < -0.3 is 4.52 Å². The molecule has 4 rings (SSSR count). The average Bonchev–Trinajstić information content (AvgIpc) is 3.27. The highest BCUT2D eigenvalue weighted by atomic mass is 19.1. The minimum Gasteiger partial charge on any atom is -0.334 e. The van der Waals surface area contributed by atoms with Crippen molar-refractivity contribution in [3.63, 3.8) is 0 Å². The third-order valence-corrected chi connectivity index (χ3v) is 4.03. The van der Waals surface area contributed by atoms with Crippen molar-refractivity contribution in [3.8, 4) is 22.8 Å². The molecule has 25 heavy (non-hydrogen) atoms. The van der Waals surface area contributed by atoms with E-state index in [1.54, 1.807) is 18.2 Å². The minimum atomic E-state index is -0.396. The Morgan fingerprint density at radius 3 is 2.88 bits per heavy atom. The molecule has 0 spiro atoms. The first-order chi connectivity index (χ1) is 12.3. The molecule has 0 aliphatic heterocycles. The van der Waals surface area contributed by atoms with Crippen LogP contribution in [0.25, 0.3) is 33.9 Å².